The topological polar surface area (TPSA) is 58.8 Å². The van der Waals surface area contributed by atoms with Gasteiger partial charge in [-0.2, -0.15) is 0 Å². The number of carbonyl (C=O) groups excluding carboxylic acids is 1. The molecule has 1 amide bonds. The fourth-order valence-corrected chi connectivity index (χ4v) is 2.41. The first-order valence-corrected chi connectivity index (χ1v) is 7.19. The minimum atomic E-state index is 0.142. The quantitative estimate of drug-likeness (QED) is 0.726. The number of nitrogens with two attached hydrogens (primary N) is 1. The first-order valence-electron chi connectivity index (χ1n) is 6.78. The largest absolute Gasteiger partial charge is 0.393 e. The third-order valence-corrected chi connectivity index (χ3v) is 3.46. The molecular formula is C13H25N3O2S. The van der Waals surface area contributed by atoms with Crippen LogP contribution in [0.25, 0.3) is 0 Å². The van der Waals surface area contributed by atoms with Gasteiger partial charge in [0.05, 0.1) is 17.2 Å². The summed E-state index contributed by atoms with van der Waals surface area (Å²) >= 11 is 4.81. The van der Waals surface area contributed by atoms with Crippen LogP contribution < -0.4 is 5.73 Å². The summed E-state index contributed by atoms with van der Waals surface area (Å²) in [6, 6.07) is 0. The molecule has 0 unspecified atom stereocenters. The molecule has 1 saturated heterocycles. The van der Waals surface area contributed by atoms with Crippen molar-refractivity contribution in [3.8, 4) is 0 Å². The van der Waals surface area contributed by atoms with E-state index in [0.29, 0.717) is 24.4 Å². The van der Waals surface area contributed by atoms with Gasteiger partial charge in [-0.3, -0.25) is 9.69 Å². The minimum Gasteiger partial charge on any atom is -0.393 e. The summed E-state index contributed by atoms with van der Waals surface area (Å²) in [6.07, 6.45) is 1.61. The summed E-state index contributed by atoms with van der Waals surface area (Å²) in [5, 5.41) is 0. The molecule has 0 bridgehead atoms. The molecule has 1 fully saturated rings. The molecule has 2 N–H and O–H groups in total. The molecule has 2 atom stereocenters. The molecule has 110 valence electrons. The Morgan fingerprint density at radius 1 is 1.37 bits per heavy atom. The van der Waals surface area contributed by atoms with E-state index in [0.717, 1.165) is 19.6 Å². The summed E-state index contributed by atoms with van der Waals surface area (Å²) in [5.74, 6) is 0.142. The smallest absolute Gasteiger partial charge is 0.223 e. The van der Waals surface area contributed by atoms with Crippen molar-refractivity contribution in [2.24, 2.45) is 5.73 Å². The van der Waals surface area contributed by atoms with Gasteiger partial charge in [-0.1, -0.05) is 12.2 Å². The van der Waals surface area contributed by atoms with Crippen LogP contribution in [-0.4, -0.2) is 66.1 Å². The number of ether oxygens (including phenoxy) is 1. The minimum absolute atomic E-state index is 0.142. The van der Waals surface area contributed by atoms with E-state index in [9.17, 15) is 4.79 Å². The normalized spacial score (nSPS) is 24.2. The Morgan fingerprint density at radius 2 is 1.95 bits per heavy atom. The standard InChI is InChI=1S/C13H25N3O2S/c1-10-8-16(9-11(2)18-10)7-5-13(17)15(3)6-4-12(14)19/h10-11H,4-9H2,1-3H3,(H2,14,19)/t10-,11+. The summed E-state index contributed by atoms with van der Waals surface area (Å²) in [6.45, 7) is 7.32. The van der Waals surface area contributed by atoms with Crippen molar-refractivity contribution in [2.45, 2.75) is 38.9 Å². The Balaban J connectivity index is 2.27. The van der Waals surface area contributed by atoms with Gasteiger partial charge in [0.15, 0.2) is 0 Å². The highest BCUT2D eigenvalue weighted by atomic mass is 32.1. The van der Waals surface area contributed by atoms with E-state index in [2.05, 4.69) is 18.7 Å². The van der Waals surface area contributed by atoms with Crippen LogP contribution in [0.4, 0.5) is 0 Å². The van der Waals surface area contributed by atoms with Crippen LogP contribution in [0, 0.1) is 0 Å². The van der Waals surface area contributed by atoms with Crippen LogP contribution in [0.5, 0.6) is 0 Å². The van der Waals surface area contributed by atoms with Crippen LogP contribution in [0.1, 0.15) is 26.7 Å². The average molecular weight is 287 g/mol. The van der Waals surface area contributed by atoms with E-state index in [1.54, 1.807) is 11.9 Å². The van der Waals surface area contributed by atoms with Gasteiger partial charge in [0.2, 0.25) is 5.91 Å². The van der Waals surface area contributed by atoms with Gasteiger partial charge in [-0.25, -0.2) is 0 Å². The van der Waals surface area contributed by atoms with Crippen molar-refractivity contribution >= 4 is 23.1 Å². The molecule has 0 aromatic rings. The van der Waals surface area contributed by atoms with Crippen molar-refractivity contribution in [1.29, 1.82) is 0 Å². The number of rotatable bonds is 6. The predicted molar refractivity (Wildman–Crippen MR) is 80.1 cm³/mol. The lowest BCUT2D eigenvalue weighted by atomic mass is 10.2. The zero-order chi connectivity index (χ0) is 14.4. The Labute approximate surface area is 121 Å². The predicted octanol–water partition coefficient (Wildman–Crippen LogP) is 0.620. The lowest BCUT2D eigenvalue weighted by Crippen LogP contribution is -2.46. The van der Waals surface area contributed by atoms with Crippen molar-refractivity contribution in [3.63, 3.8) is 0 Å². The maximum absolute atomic E-state index is 11.9. The van der Waals surface area contributed by atoms with Gasteiger partial charge in [-0.15, -0.1) is 0 Å². The molecule has 0 aromatic heterocycles. The van der Waals surface area contributed by atoms with E-state index in [-0.39, 0.29) is 18.1 Å². The monoisotopic (exact) mass is 287 g/mol. The fourth-order valence-electron chi connectivity index (χ4n) is 2.31. The Kier molecular flexibility index (Phi) is 6.68. The maximum atomic E-state index is 11.9. The fraction of sp³-hybridized carbons (Fsp3) is 0.846. The van der Waals surface area contributed by atoms with E-state index in [1.807, 2.05) is 0 Å². The molecule has 1 aliphatic heterocycles. The highest BCUT2D eigenvalue weighted by molar-refractivity contribution is 7.80. The zero-order valence-electron chi connectivity index (χ0n) is 12.1. The van der Waals surface area contributed by atoms with Crippen molar-refractivity contribution in [3.05, 3.63) is 0 Å². The molecule has 0 saturated carbocycles. The maximum Gasteiger partial charge on any atom is 0.223 e. The second-order valence-electron chi connectivity index (χ2n) is 5.30. The van der Waals surface area contributed by atoms with Crippen molar-refractivity contribution in [2.75, 3.05) is 33.2 Å². The van der Waals surface area contributed by atoms with Gasteiger partial charge in [0.1, 0.15) is 0 Å². The van der Waals surface area contributed by atoms with Gasteiger partial charge >= 0.3 is 0 Å². The van der Waals surface area contributed by atoms with Crippen LogP contribution >= 0.6 is 12.2 Å². The summed E-state index contributed by atoms with van der Waals surface area (Å²) in [4.78, 5) is 16.4. The van der Waals surface area contributed by atoms with Gasteiger partial charge in [-0.05, 0) is 13.8 Å². The lowest BCUT2D eigenvalue weighted by Gasteiger charge is -2.35. The third-order valence-electron chi connectivity index (χ3n) is 3.26. The first-order chi connectivity index (χ1) is 8.88. The Bertz CT molecular complexity index is 315. The number of amides is 1. The van der Waals surface area contributed by atoms with Crippen LogP contribution in [0.3, 0.4) is 0 Å². The number of carbonyl (C=O) groups is 1. The Hall–Kier alpha value is -0.720. The van der Waals surface area contributed by atoms with Crippen molar-refractivity contribution in [1.82, 2.24) is 9.80 Å². The molecule has 0 aromatic carbocycles. The van der Waals surface area contributed by atoms with E-state index in [4.69, 9.17) is 22.7 Å². The zero-order valence-corrected chi connectivity index (χ0v) is 12.9. The number of morpholine rings is 1. The van der Waals surface area contributed by atoms with Crippen molar-refractivity contribution < 1.29 is 9.53 Å². The number of hydrogen-bond acceptors (Lipinski definition) is 4. The van der Waals surface area contributed by atoms with Gasteiger partial charge < -0.3 is 15.4 Å². The molecule has 0 radical (unpaired) electrons. The van der Waals surface area contributed by atoms with E-state index >= 15 is 0 Å². The van der Waals surface area contributed by atoms with Crippen LogP contribution in [0.2, 0.25) is 0 Å². The SMILES string of the molecule is C[C@@H]1CN(CCC(=O)N(C)CCC(N)=S)C[C@H](C)O1. The number of hydrogen-bond donors (Lipinski definition) is 1. The van der Waals surface area contributed by atoms with Gasteiger partial charge in [0.25, 0.3) is 0 Å². The first kappa shape index (κ1) is 16.3. The van der Waals surface area contributed by atoms with E-state index in [1.165, 1.54) is 0 Å². The molecule has 0 spiro atoms. The van der Waals surface area contributed by atoms with E-state index < -0.39 is 0 Å². The highest BCUT2D eigenvalue weighted by Crippen LogP contribution is 2.11. The Morgan fingerprint density at radius 3 is 2.47 bits per heavy atom. The number of thiocarbonyl (C=S) groups is 1. The molecule has 1 rings (SSSR count). The number of nitrogens with zero attached hydrogens (tertiary/aromatic N) is 2. The molecule has 0 aliphatic carbocycles. The molecule has 1 heterocycles. The summed E-state index contributed by atoms with van der Waals surface area (Å²) < 4.78 is 5.67. The summed E-state index contributed by atoms with van der Waals surface area (Å²) in [5.41, 5.74) is 5.43. The molecule has 19 heavy (non-hydrogen) atoms. The van der Waals surface area contributed by atoms with Crippen LogP contribution in [-0.2, 0) is 9.53 Å². The molecule has 1 aliphatic rings. The third kappa shape index (κ3) is 6.31. The lowest BCUT2D eigenvalue weighted by molar-refractivity contribution is -0.131. The summed E-state index contributed by atoms with van der Waals surface area (Å²) in [7, 11) is 1.80. The average Bonchev–Trinajstić information content (AvgIpc) is 2.31. The molecule has 6 heteroatoms. The van der Waals surface area contributed by atoms with Crippen LogP contribution in [0.15, 0.2) is 0 Å². The second kappa shape index (κ2) is 7.77. The molecular weight excluding hydrogens is 262 g/mol. The second-order valence-corrected chi connectivity index (χ2v) is 5.82. The molecule has 5 nitrogen and oxygen atoms in total. The highest BCUT2D eigenvalue weighted by Gasteiger charge is 2.22. The van der Waals surface area contributed by atoms with Gasteiger partial charge in [0, 0.05) is 46.1 Å².